The molecule has 0 fully saturated rings. The standard InChI is InChI=1S/C20H26N2O.ClH/c1-2-22-19-9-5-4-8-17(19)18-14-16(10-11-20(18)22)15-21-12-6-3-7-13-23;/h4-5,8-11,14,21,23H,2-3,6-7,12-13,15H2,1H3;1H. The van der Waals surface area contributed by atoms with E-state index >= 15 is 0 Å². The monoisotopic (exact) mass is 346 g/mol. The zero-order chi connectivity index (χ0) is 16.1. The summed E-state index contributed by atoms with van der Waals surface area (Å²) in [5.41, 5.74) is 3.97. The molecule has 0 saturated heterocycles. The van der Waals surface area contributed by atoms with E-state index in [0.717, 1.165) is 38.9 Å². The normalized spacial score (nSPS) is 11.1. The van der Waals surface area contributed by atoms with Gasteiger partial charge in [-0.1, -0.05) is 24.3 Å². The summed E-state index contributed by atoms with van der Waals surface area (Å²) in [4.78, 5) is 0. The van der Waals surface area contributed by atoms with Gasteiger partial charge in [-0.2, -0.15) is 0 Å². The number of nitrogens with one attached hydrogen (secondary N) is 1. The number of aliphatic hydroxyl groups excluding tert-OH is 1. The van der Waals surface area contributed by atoms with Gasteiger partial charge in [-0.25, -0.2) is 0 Å². The van der Waals surface area contributed by atoms with Gasteiger partial charge in [-0.3, -0.25) is 0 Å². The number of unbranched alkanes of at least 4 members (excludes halogenated alkanes) is 2. The third-order valence-electron chi connectivity index (χ3n) is 4.49. The van der Waals surface area contributed by atoms with Crippen LogP contribution in [0.15, 0.2) is 42.5 Å². The number of aryl methyl sites for hydroxylation is 1. The highest BCUT2D eigenvalue weighted by atomic mass is 35.5. The van der Waals surface area contributed by atoms with E-state index in [1.54, 1.807) is 0 Å². The maximum absolute atomic E-state index is 8.79. The Morgan fingerprint density at radius 2 is 1.75 bits per heavy atom. The average Bonchev–Trinajstić information content (AvgIpc) is 2.91. The highest BCUT2D eigenvalue weighted by Gasteiger charge is 2.09. The molecule has 0 aliphatic rings. The second kappa shape index (κ2) is 9.07. The maximum atomic E-state index is 8.79. The highest BCUT2D eigenvalue weighted by Crippen LogP contribution is 2.29. The smallest absolute Gasteiger partial charge is 0.0491 e. The molecule has 1 aromatic heterocycles. The number of hydrogen-bond acceptors (Lipinski definition) is 2. The Kier molecular flexibility index (Phi) is 7.10. The zero-order valence-electron chi connectivity index (χ0n) is 14.3. The summed E-state index contributed by atoms with van der Waals surface area (Å²) in [6.45, 7) is 5.41. The lowest BCUT2D eigenvalue weighted by Crippen LogP contribution is -2.14. The molecule has 0 atom stereocenters. The lowest BCUT2D eigenvalue weighted by molar-refractivity contribution is 0.283. The van der Waals surface area contributed by atoms with E-state index in [0.29, 0.717) is 6.61 Å². The molecule has 0 aliphatic carbocycles. The van der Waals surface area contributed by atoms with E-state index in [4.69, 9.17) is 5.11 Å². The van der Waals surface area contributed by atoms with Crippen LogP contribution in [0.1, 0.15) is 31.7 Å². The van der Waals surface area contributed by atoms with Crippen LogP contribution in [0.5, 0.6) is 0 Å². The molecule has 0 spiro atoms. The molecule has 0 bridgehead atoms. The number of para-hydroxylation sites is 1. The molecular weight excluding hydrogens is 320 g/mol. The third kappa shape index (κ3) is 3.92. The lowest BCUT2D eigenvalue weighted by Gasteiger charge is -2.06. The van der Waals surface area contributed by atoms with Crippen LogP contribution in [0.3, 0.4) is 0 Å². The molecule has 0 radical (unpaired) electrons. The van der Waals surface area contributed by atoms with Crippen LogP contribution in [-0.2, 0) is 13.1 Å². The van der Waals surface area contributed by atoms with Crippen molar-refractivity contribution in [2.45, 2.75) is 39.3 Å². The topological polar surface area (TPSA) is 37.2 Å². The van der Waals surface area contributed by atoms with E-state index in [2.05, 4.69) is 59.3 Å². The van der Waals surface area contributed by atoms with Gasteiger partial charge in [0.15, 0.2) is 0 Å². The van der Waals surface area contributed by atoms with Crippen molar-refractivity contribution in [3.63, 3.8) is 0 Å². The van der Waals surface area contributed by atoms with Crippen LogP contribution in [-0.4, -0.2) is 22.8 Å². The van der Waals surface area contributed by atoms with Crippen molar-refractivity contribution in [1.82, 2.24) is 9.88 Å². The van der Waals surface area contributed by atoms with Crippen LogP contribution in [0.25, 0.3) is 21.8 Å². The first-order chi connectivity index (χ1) is 11.3. The minimum atomic E-state index is 0. The average molecular weight is 347 g/mol. The molecule has 1 heterocycles. The van der Waals surface area contributed by atoms with Gasteiger partial charge < -0.3 is 15.0 Å². The van der Waals surface area contributed by atoms with Crippen LogP contribution in [0.2, 0.25) is 0 Å². The SMILES string of the molecule is CCn1c2ccccc2c2cc(CNCCCCCO)ccc21.Cl. The van der Waals surface area contributed by atoms with Gasteiger partial charge in [-0.15, -0.1) is 12.4 Å². The fourth-order valence-corrected chi connectivity index (χ4v) is 3.32. The summed E-state index contributed by atoms with van der Waals surface area (Å²) < 4.78 is 2.39. The Morgan fingerprint density at radius 3 is 2.54 bits per heavy atom. The van der Waals surface area contributed by atoms with Gasteiger partial charge in [-0.05, 0) is 56.5 Å². The number of hydrogen-bond donors (Lipinski definition) is 2. The number of rotatable bonds is 8. The summed E-state index contributed by atoms with van der Waals surface area (Å²) in [6, 6.07) is 15.5. The summed E-state index contributed by atoms with van der Waals surface area (Å²) in [7, 11) is 0. The Bertz CT molecular complexity index is 782. The molecule has 3 rings (SSSR count). The molecule has 4 heteroatoms. The van der Waals surface area contributed by atoms with Crippen LogP contribution in [0.4, 0.5) is 0 Å². The van der Waals surface area contributed by atoms with Crippen molar-refractivity contribution >= 4 is 34.2 Å². The first-order valence-corrected chi connectivity index (χ1v) is 8.66. The van der Waals surface area contributed by atoms with Crippen LogP contribution < -0.4 is 5.32 Å². The van der Waals surface area contributed by atoms with Crippen molar-refractivity contribution in [3.05, 3.63) is 48.0 Å². The zero-order valence-corrected chi connectivity index (χ0v) is 15.1. The molecule has 2 N–H and O–H groups in total. The van der Waals surface area contributed by atoms with Crippen molar-refractivity contribution in [3.8, 4) is 0 Å². The fraction of sp³-hybridized carbons (Fsp3) is 0.400. The molecule has 3 nitrogen and oxygen atoms in total. The highest BCUT2D eigenvalue weighted by molar-refractivity contribution is 6.08. The number of fused-ring (bicyclic) bond motifs is 3. The Labute approximate surface area is 150 Å². The molecule has 0 unspecified atom stereocenters. The number of aliphatic hydroxyl groups is 1. The molecule has 0 aliphatic heterocycles. The van der Waals surface area contributed by atoms with Gasteiger partial charge in [0.05, 0.1) is 0 Å². The molecule has 3 aromatic rings. The summed E-state index contributed by atoms with van der Waals surface area (Å²) in [6.07, 6.45) is 3.12. The largest absolute Gasteiger partial charge is 0.396 e. The van der Waals surface area contributed by atoms with E-state index in [9.17, 15) is 0 Å². The fourth-order valence-electron chi connectivity index (χ4n) is 3.32. The predicted molar refractivity (Wildman–Crippen MR) is 105 cm³/mol. The van der Waals surface area contributed by atoms with Gasteiger partial charge in [0.2, 0.25) is 0 Å². The van der Waals surface area contributed by atoms with Crippen molar-refractivity contribution in [2.24, 2.45) is 0 Å². The predicted octanol–water partition coefficient (Wildman–Crippen LogP) is 4.49. The number of halogens is 1. The quantitative estimate of drug-likeness (QED) is 0.590. The van der Waals surface area contributed by atoms with Gasteiger partial charge in [0.1, 0.15) is 0 Å². The lowest BCUT2D eigenvalue weighted by atomic mass is 10.1. The summed E-state index contributed by atoms with van der Waals surface area (Å²) in [5.74, 6) is 0. The second-order valence-electron chi connectivity index (χ2n) is 6.07. The first-order valence-electron chi connectivity index (χ1n) is 8.66. The first kappa shape index (κ1) is 18.8. The van der Waals surface area contributed by atoms with Crippen molar-refractivity contribution < 1.29 is 5.11 Å². The molecule has 0 saturated carbocycles. The van der Waals surface area contributed by atoms with Crippen molar-refractivity contribution in [1.29, 1.82) is 0 Å². The number of aromatic nitrogens is 1. The van der Waals surface area contributed by atoms with E-state index in [-0.39, 0.29) is 12.4 Å². The van der Waals surface area contributed by atoms with Gasteiger partial charge in [0, 0.05) is 41.5 Å². The van der Waals surface area contributed by atoms with E-state index in [1.165, 1.54) is 27.4 Å². The summed E-state index contributed by atoms with van der Waals surface area (Å²) in [5, 5.41) is 15.0. The Balaban J connectivity index is 0.00000208. The number of benzene rings is 2. The number of nitrogens with zero attached hydrogens (tertiary/aromatic N) is 1. The Hall–Kier alpha value is -1.55. The second-order valence-corrected chi connectivity index (χ2v) is 6.07. The Morgan fingerprint density at radius 1 is 0.958 bits per heavy atom. The molecular formula is C20H27ClN2O. The van der Waals surface area contributed by atoms with Gasteiger partial charge >= 0.3 is 0 Å². The van der Waals surface area contributed by atoms with Crippen LogP contribution >= 0.6 is 12.4 Å². The van der Waals surface area contributed by atoms with Crippen molar-refractivity contribution in [2.75, 3.05) is 13.2 Å². The van der Waals surface area contributed by atoms with E-state index < -0.39 is 0 Å². The molecule has 130 valence electrons. The third-order valence-corrected chi connectivity index (χ3v) is 4.49. The molecule has 0 amide bonds. The van der Waals surface area contributed by atoms with Crippen LogP contribution in [0, 0.1) is 0 Å². The van der Waals surface area contributed by atoms with Gasteiger partial charge in [0.25, 0.3) is 0 Å². The molecule has 2 aromatic carbocycles. The van der Waals surface area contributed by atoms with E-state index in [1.807, 2.05) is 0 Å². The minimum absolute atomic E-state index is 0. The summed E-state index contributed by atoms with van der Waals surface area (Å²) >= 11 is 0. The maximum Gasteiger partial charge on any atom is 0.0491 e. The minimum Gasteiger partial charge on any atom is -0.396 e. The molecule has 24 heavy (non-hydrogen) atoms.